The van der Waals surface area contributed by atoms with E-state index in [9.17, 15) is 4.79 Å². The highest BCUT2D eigenvalue weighted by Gasteiger charge is 2.21. The number of rotatable bonds is 1. The first-order valence-electron chi connectivity index (χ1n) is 6.13. The second-order valence-electron chi connectivity index (χ2n) is 4.84. The van der Waals surface area contributed by atoms with E-state index >= 15 is 0 Å². The fourth-order valence-electron chi connectivity index (χ4n) is 2.16. The van der Waals surface area contributed by atoms with Gasteiger partial charge in [0.1, 0.15) is 0 Å². The number of hydrogen-bond acceptors (Lipinski definition) is 2. The van der Waals surface area contributed by atoms with Gasteiger partial charge in [-0.2, -0.15) is 0 Å². The molecule has 1 aliphatic rings. The van der Waals surface area contributed by atoms with Crippen LogP contribution in [0.2, 0.25) is 0 Å². The van der Waals surface area contributed by atoms with Crippen LogP contribution in [0.1, 0.15) is 21.5 Å². The standard InChI is InChI=1S/C14H20N2O/c1-11-5-4-6-13(12(11)2)14(17)16-9-7-15(3)8-10-16/h4-6H,7-10H2,1-3H3. The normalized spacial score (nSPS) is 17.2. The van der Waals surface area contributed by atoms with Crippen molar-refractivity contribution < 1.29 is 4.79 Å². The van der Waals surface area contributed by atoms with Crippen molar-refractivity contribution in [2.75, 3.05) is 33.2 Å². The van der Waals surface area contributed by atoms with Crippen LogP contribution in [0.5, 0.6) is 0 Å². The number of carbonyl (C=O) groups excluding carboxylic acids is 1. The van der Waals surface area contributed by atoms with Crippen molar-refractivity contribution in [1.29, 1.82) is 0 Å². The van der Waals surface area contributed by atoms with Gasteiger partial charge in [0.2, 0.25) is 0 Å². The molecule has 0 atom stereocenters. The van der Waals surface area contributed by atoms with Crippen LogP contribution in [0.15, 0.2) is 18.2 Å². The SMILES string of the molecule is Cc1cccc(C(=O)N2CCN(C)CC2)c1C. The van der Waals surface area contributed by atoms with Gasteiger partial charge >= 0.3 is 0 Å². The molecule has 0 saturated carbocycles. The summed E-state index contributed by atoms with van der Waals surface area (Å²) in [5, 5.41) is 0. The molecule has 0 unspecified atom stereocenters. The van der Waals surface area contributed by atoms with E-state index in [2.05, 4.69) is 24.9 Å². The summed E-state index contributed by atoms with van der Waals surface area (Å²) in [7, 11) is 2.10. The fourth-order valence-corrected chi connectivity index (χ4v) is 2.16. The summed E-state index contributed by atoms with van der Waals surface area (Å²) in [4.78, 5) is 16.6. The predicted molar refractivity (Wildman–Crippen MR) is 69.3 cm³/mol. The van der Waals surface area contributed by atoms with E-state index in [1.54, 1.807) is 0 Å². The second kappa shape index (κ2) is 4.88. The van der Waals surface area contributed by atoms with E-state index < -0.39 is 0 Å². The molecule has 0 N–H and O–H groups in total. The summed E-state index contributed by atoms with van der Waals surface area (Å²) in [6, 6.07) is 5.95. The van der Waals surface area contributed by atoms with E-state index in [0.29, 0.717) is 0 Å². The predicted octanol–water partition coefficient (Wildman–Crippen LogP) is 1.69. The van der Waals surface area contributed by atoms with Gasteiger partial charge in [-0.15, -0.1) is 0 Å². The summed E-state index contributed by atoms with van der Waals surface area (Å²) < 4.78 is 0. The zero-order chi connectivity index (χ0) is 12.4. The Morgan fingerprint density at radius 1 is 1.12 bits per heavy atom. The zero-order valence-electron chi connectivity index (χ0n) is 10.9. The van der Waals surface area contributed by atoms with Crippen LogP contribution < -0.4 is 0 Å². The van der Waals surface area contributed by atoms with Gasteiger partial charge in [-0.25, -0.2) is 0 Å². The maximum atomic E-state index is 12.4. The van der Waals surface area contributed by atoms with Crippen molar-refractivity contribution >= 4 is 5.91 Å². The average Bonchev–Trinajstić information content (AvgIpc) is 2.33. The molecular formula is C14H20N2O. The topological polar surface area (TPSA) is 23.6 Å². The van der Waals surface area contributed by atoms with Crippen LogP contribution in [-0.2, 0) is 0 Å². The van der Waals surface area contributed by atoms with Crippen LogP contribution >= 0.6 is 0 Å². The van der Waals surface area contributed by atoms with Crippen LogP contribution in [-0.4, -0.2) is 48.9 Å². The molecule has 3 heteroatoms. The highest BCUT2D eigenvalue weighted by Crippen LogP contribution is 2.15. The highest BCUT2D eigenvalue weighted by molar-refractivity contribution is 5.96. The lowest BCUT2D eigenvalue weighted by atomic mass is 10.0. The first-order valence-corrected chi connectivity index (χ1v) is 6.13. The van der Waals surface area contributed by atoms with E-state index in [0.717, 1.165) is 37.3 Å². The molecule has 1 saturated heterocycles. The molecule has 3 nitrogen and oxygen atoms in total. The minimum atomic E-state index is 0.180. The number of hydrogen-bond donors (Lipinski definition) is 0. The number of piperazine rings is 1. The Labute approximate surface area is 103 Å². The molecule has 2 rings (SSSR count). The van der Waals surface area contributed by atoms with Gasteiger partial charge in [0, 0.05) is 31.7 Å². The van der Waals surface area contributed by atoms with Gasteiger partial charge < -0.3 is 9.80 Å². The molecular weight excluding hydrogens is 212 g/mol. The lowest BCUT2D eigenvalue weighted by Crippen LogP contribution is -2.47. The Hall–Kier alpha value is -1.35. The van der Waals surface area contributed by atoms with Crippen molar-refractivity contribution in [1.82, 2.24) is 9.80 Å². The second-order valence-corrected chi connectivity index (χ2v) is 4.84. The van der Waals surface area contributed by atoms with Gasteiger partial charge in [0.05, 0.1) is 0 Å². The molecule has 0 spiro atoms. The first kappa shape index (κ1) is 12.1. The smallest absolute Gasteiger partial charge is 0.254 e. The van der Waals surface area contributed by atoms with E-state index in [4.69, 9.17) is 0 Å². The minimum Gasteiger partial charge on any atom is -0.336 e. The molecule has 1 heterocycles. The van der Waals surface area contributed by atoms with Crippen LogP contribution in [0.3, 0.4) is 0 Å². The molecule has 1 fully saturated rings. The summed E-state index contributed by atoms with van der Waals surface area (Å²) in [5.41, 5.74) is 3.15. The lowest BCUT2D eigenvalue weighted by Gasteiger charge is -2.32. The summed E-state index contributed by atoms with van der Waals surface area (Å²) in [5.74, 6) is 0.180. The number of benzene rings is 1. The first-order chi connectivity index (χ1) is 8.09. The van der Waals surface area contributed by atoms with Gasteiger partial charge in [-0.3, -0.25) is 4.79 Å². The van der Waals surface area contributed by atoms with Crippen molar-refractivity contribution in [2.45, 2.75) is 13.8 Å². The van der Waals surface area contributed by atoms with Gasteiger partial charge in [0.15, 0.2) is 0 Å². The number of aryl methyl sites for hydroxylation is 1. The Morgan fingerprint density at radius 2 is 1.76 bits per heavy atom. The highest BCUT2D eigenvalue weighted by atomic mass is 16.2. The molecule has 1 amide bonds. The largest absolute Gasteiger partial charge is 0.336 e. The molecule has 92 valence electrons. The maximum absolute atomic E-state index is 12.4. The monoisotopic (exact) mass is 232 g/mol. The number of nitrogens with zero attached hydrogens (tertiary/aromatic N) is 2. The zero-order valence-corrected chi connectivity index (χ0v) is 10.9. The minimum absolute atomic E-state index is 0.180. The number of carbonyl (C=O) groups is 1. The van der Waals surface area contributed by atoms with Crippen molar-refractivity contribution in [3.8, 4) is 0 Å². The third-order valence-electron chi connectivity index (χ3n) is 3.63. The quantitative estimate of drug-likeness (QED) is 0.735. The van der Waals surface area contributed by atoms with E-state index in [-0.39, 0.29) is 5.91 Å². The molecule has 0 aliphatic carbocycles. The molecule has 0 aromatic heterocycles. The summed E-state index contributed by atoms with van der Waals surface area (Å²) >= 11 is 0. The molecule has 1 aromatic rings. The fraction of sp³-hybridized carbons (Fsp3) is 0.500. The third-order valence-corrected chi connectivity index (χ3v) is 3.63. The maximum Gasteiger partial charge on any atom is 0.254 e. The van der Waals surface area contributed by atoms with Crippen LogP contribution in [0.4, 0.5) is 0 Å². The van der Waals surface area contributed by atoms with E-state index in [1.807, 2.05) is 24.0 Å². The van der Waals surface area contributed by atoms with Crippen molar-refractivity contribution in [2.24, 2.45) is 0 Å². The molecule has 1 aliphatic heterocycles. The molecule has 0 radical (unpaired) electrons. The third kappa shape index (κ3) is 2.50. The Bertz CT molecular complexity index is 420. The van der Waals surface area contributed by atoms with Crippen molar-refractivity contribution in [3.63, 3.8) is 0 Å². The Balaban J connectivity index is 2.17. The molecule has 0 bridgehead atoms. The van der Waals surface area contributed by atoms with Crippen LogP contribution in [0.25, 0.3) is 0 Å². The van der Waals surface area contributed by atoms with Gasteiger partial charge in [-0.05, 0) is 38.1 Å². The number of likely N-dealkylation sites (N-methyl/N-ethyl adjacent to an activating group) is 1. The average molecular weight is 232 g/mol. The van der Waals surface area contributed by atoms with Gasteiger partial charge in [-0.1, -0.05) is 12.1 Å². The van der Waals surface area contributed by atoms with Crippen molar-refractivity contribution in [3.05, 3.63) is 34.9 Å². The Morgan fingerprint density at radius 3 is 2.41 bits per heavy atom. The van der Waals surface area contributed by atoms with Gasteiger partial charge in [0.25, 0.3) is 5.91 Å². The summed E-state index contributed by atoms with van der Waals surface area (Å²) in [6.45, 7) is 7.69. The number of amides is 1. The summed E-state index contributed by atoms with van der Waals surface area (Å²) in [6.07, 6.45) is 0. The Kier molecular flexibility index (Phi) is 3.48. The molecule has 17 heavy (non-hydrogen) atoms. The lowest BCUT2D eigenvalue weighted by molar-refractivity contribution is 0.0663. The molecule has 1 aromatic carbocycles. The van der Waals surface area contributed by atoms with E-state index in [1.165, 1.54) is 5.56 Å². The van der Waals surface area contributed by atoms with Crippen LogP contribution in [0, 0.1) is 13.8 Å².